The summed E-state index contributed by atoms with van der Waals surface area (Å²) in [6.45, 7) is 7.55. The minimum Gasteiger partial charge on any atom is -0.486 e. The molecule has 1 aliphatic heterocycles. The van der Waals surface area contributed by atoms with Gasteiger partial charge in [0.25, 0.3) is 0 Å². The number of aliphatic imine (C=N–C) groups is 1. The van der Waals surface area contributed by atoms with Gasteiger partial charge in [0.2, 0.25) is 5.60 Å². The smallest absolute Gasteiger partial charge is 0.344 e. The summed E-state index contributed by atoms with van der Waals surface area (Å²) < 4.78 is 16.9. The lowest BCUT2D eigenvalue weighted by molar-refractivity contribution is -0.196. The molecule has 0 aromatic heterocycles. The molecule has 1 saturated carbocycles. The molecule has 0 radical (unpaired) electrons. The Labute approximate surface area is 202 Å². The Morgan fingerprint density at radius 1 is 1.21 bits per heavy atom. The van der Waals surface area contributed by atoms with E-state index in [1.54, 1.807) is 34.8 Å². The van der Waals surface area contributed by atoms with Crippen LogP contribution >= 0.6 is 0 Å². The Bertz CT molecular complexity index is 905. The zero-order valence-corrected chi connectivity index (χ0v) is 21.1. The van der Waals surface area contributed by atoms with Gasteiger partial charge in [-0.2, -0.15) is 0 Å². The van der Waals surface area contributed by atoms with Gasteiger partial charge in [-0.1, -0.05) is 0 Å². The summed E-state index contributed by atoms with van der Waals surface area (Å²) in [6.07, 6.45) is 4.14. The maximum Gasteiger partial charge on any atom is 0.344 e. The fourth-order valence-electron chi connectivity index (χ4n) is 4.58. The van der Waals surface area contributed by atoms with Gasteiger partial charge >= 0.3 is 5.97 Å². The molecule has 0 spiro atoms. The van der Waals surface area contributed by atoms with Crippen molar-refractivity contribution in [1.29, 1.82) is 0 Å². The molecule has 1 fully saturated rings. The number of aryl methyl sites for hydroxylation is 1. The highest BCUT2D eigenvalue weighted by molar-refractivity contribution is 5.98. The average molecular weight is 477 g/mol. The summed E-state index contributed by atoms with van der Waals surface area (Å²) in [5.41, 5.74) is 12.2. The highest BCUT2D eigenvalue weighted by Crippen LogP contribution is 2.35. The normalized spacial score (nSPS) is 27.3. The molecular formula is C25H40N4O5. The number of hydrogen-bond donors (Lipinski definition) is 3. The van der Waals surface area contributed by atoms with Gasteiger partial charge in [-0.05, 0) is 90.0 Å². The maximum absolute atomic E-state index is 12.8. The molecule has 0 amide bonds. The van der Waals surface area contributed by atoms with E-state index in [0.717, 1.165) is 36.8 Å². The summed E-state index contributed by atoms with van der Waals surface area (Å²) in [5, 5.41) is 0. The van der Waals surface area contributed by atoms with Crippen LogP contribution in [-0.4, -0.2) is 54.4 Å². The lowest BCUT2D eigenvalue weighted by atomic mass is 9.81. The van der Waals surface area contributed by atoms with Crippen LogP contribution in [-0.2, 0) is 25.5 Å². The molecule has 1 aromatic rings. The van der Waals surface area contributed by atoms with E-state index in [9.17, 15) is 4.79 Å². The van der Waals surface area contributed by atoms with E-state index < -0.39 is 23.3 Å². The van der Waals surface area contributed by atoms with Gasteiger partial charge in [0.15, 0.2) is 0 Å². The van der Waals surface area contributed by atoms with Crippen molar-refractivity contribution in [3.05, 3.63) is 29.3 Å². The summed E-state index contributed by atoms with van der Waals surface area (Å²) in [5.74, 6) is 6.16. The number of amidine groups is 1. The third-order valence-electron chi connectivity index (χ3n) is 6.67. The van der Waals surface area contributed by atoms with Crippen LogP contribution in [0.15, 0.2) is 23.2 Å². The van der Waals surface area contributed by atoms with Crippen molar-refractivity contribution in [2.24, 2.45) is 22.4 Å². The number of carbonyl (C=O) groups excluding carboxylic acids is 1. The molecule has 1 heterocycles. The molecule has 2 aliphatic rings. The van der Waals surface area contributed by atoms with Gasteiger partial charge in [0.05, 0.1) is 12.6 Å². The van der Waals surface area contributed by atoms with Crippen molar-refractivity contribution in [2.45, 2.75) is 95.1 Å². The fraction of sp³-hybridized carbons (Fsp3) is 0.680. The summed E-state index contributed by atoms with van der Waals surface area (Å²) >= 11 is 0. The first-order valence-corrected chi connectivity index (χ1v) is 11.9. The zero-order chi connectivity index (χ0) is 25.1. The van der Waals surface area contributed by atoms with Crippen LogP contribution in [0, 0.1) is 0 Å². The maximum atomic E-state index is 12.8. The van der Waals surface area contributed by atoms with Gasteiger partial charge in [-0.25, -0.2) is 10.7 Å². The van der Waals surface area contributed by atoms with Crippen LogP contribution in [0.4, 0.5) is 0 Å². The molecule has 9 heteroatoms. The number of carbonyl (C=O) groups is 1. The monoisotopic (exact) mass is 476 g/mol. The highest BCUT2D eigenvalue weighted by atomic mass is 16.7. The van der Waals surface area contributed by atoms with E-state index in [1.807, 2.05) is 18.2 Å². The molecule has 1 aliphatic carbocycles. The predicted molar refractivity (Wildman–Crippen MR) is 130 cm³/mol. The third kappa shape index (κ3) is 6.07. The highest BCUT2D eigenvalue weighted by Gasteiger charge is 2.48. The number of nitrogens with two attached hydrogens (primary N) is 3. The third-order valence-corrected chi connectivity index (χ3v) is 6.67. The number of hydrogen-bond acceptors (Lipinski definition) is 8. The summed E-state index contributed by atoms with van der Waals surface area (Å²) in [4.78, 5) is 22.7. The molecule has 2 atom stereocenters. The van der Waals surface area contributed by atoms with Gasteiger partial charge in [0, 0.05) is 18.2 Å². The van der Waals surface area contributed by atoms with Crippen molar-refractivity contribution in [2.75, 3.05) is 13.7 Å². The Kier molecular flexibility index (Phi) is 7.92. The first-order chi connectivity index (χ1) is 15.9. The molecule has 0 unspecified atom stereocenters. The Morgan fingerprint density at radius 2 is 1.88 bits per heavy atom. The second kappa shape index (κ2) is 10.2. The minimum absolute atomic E-state index is 0.154. The van der Waals surface area contributed by atoms with Crippen molar-refractivity contribution < 1.29 is 23.8 Å². The van der Waals surface area contributed by atoms with Crippen molar-refractivity contribution in [1.82, 2.24) is 0 Å². The second-order valence-corrected chi connectivity index (χ2v) is 10.7. The molecule has 0 bridgehead atoms. The van der Waals surface area contributed by atoms with E-state index >= 15 is 0 Å². The van der Waals surface area contributed by atoms with E-state index in [4.69, 9.17) is 41.4 Å². The van der Waals surface area contributed by atoms with Crippen molar-refractivity contribution >= 4 is 11.8 Å². The number of fused-ring (bicyclic) bond motifs is 1. The van der Waals surface area contributed by atoms with E-state index in [-0.39, 0.29) is 11.6 Å². The van der Waals surface area contributed by atoms with E-state index in [0.29, 0.717) is 31.0 Å². The largest absolute Gasteiger partial charge is 0.486 e. The van der Waals surface area contributed by atoms with E-state index in [1.165, 1.54) is 0 Å². The number of benzene rings is 1. The van der Waals surface area contributed by atoms with Crippen LogP contribution in [0.5, 0.6) is 5.75 Å². The first-order valence-electron chi connectivity index (χ1n) is 11.9. The fourth-order valence-corrected chi connectivity index (χ4v) is 4.58. The Morgan fingerprint density at radius 3 is 2.47 bits per heavy atom. The van der Waals surface area contributed by atoms with Gasteiger partial charge < -0.3 is 25.7 Å². The quantitative estimate of drug-likeness (QED) is 0.235. The molecule has 0 saturated heterocycles. The number of esters is 1. The predicted octanol–water partition coefficient (Wildman–Crippen LogP) is 2.36. The number of methoxy groups -OCH3 is 1. The topological polar surface area (TPSA) is 144 Å². The van der Waals surface area contributed by atoms with Gasteiger partial charge in [-0.15, -0.1) is 0 Å². The SMILES string of the molecule is COCC1(N)CCC(N=C(N)c2ccc3c(c2)CC[C@H]([C@](C)(ON)C(=O)OC(C)(C)C)O3)CC1. The van der Waals surface area contributed by atoms with Crippen LogP contribution in [0.3, 0.4) is 0 Å². The number of ether oxygens (including phenoxy) is 3. The summed E-state index contributed by atoms with van der Waals surface area (Å²) in [6, 6.07) is 5.89. The number of nitrogens with zero attached hydrogens (tertiary/aromatic N) is 1. The van der Waals surface area contributed by atoms with Crippen LogP contribution in [0.25, 0.3) is 0 Å². The molecule has 190 valence electrons. The minimum atomic E-state index is -1.42. The van der Waals surface area contributed by atoms with Gasteiger partial charge in [0.1, 0.15) is 23.3 Å². The van der Waals surface area contributed by atoms with E-state index in [2.05, 4.69) is 0 Å². The molecule has 6 N–H and O–H groups in total. The standard InChI is InChI=1S/C25H40N4O5/c1-23(2,3)33-22(30)24(4,34-28)20-9-7-16-14-17(6-8-19(16)32-20)21(26)29-18-10-12-25(27,13-11-18)15-31-5/h6,8,14,18,20H,7,9-13,15,27-28H2,1-5H3,(H2,26,29)/t18?,20-,24+,25?/m1/s1. The van der Waals surface area contributed by atoms with Crippen LogP contribution in [0.1, 0.15) is 70.9 Å². The van der Waals surface area contributed by atoms with Crippen LogP contribution in [0.2, 0.25) is 0 Å². The molecule has 3 rings (SSSR count). The van der Waals surface area contributed by atoms with Gasteiger partial charge in [-0.3, -0.25) is 9.83 Å². The zero-order valence-electron chi connectivity index (χ0n) is 21.1. The van der Waals surface area contributed by atoms with Crippen molar-refractivity contribution in [3.63, 3.8) is 0 Å². The summed E-state index contributed by atoms with van der Waals surface area (Å²) in [7, 11) is 1.68. The molecule has 34 heavy (non-hydrogen) atoms. The number of rotatable bonds is 7. The second-order valence-electron chi connectivity index (χ2n) is 10.7. The molecular weight excluding hydrogens is 436 g/mol. The lowest BCUT2D eigenvalue weighted by Crippen LogP contribution is -2.56. The Hall–Kier alpha value is -2.20. The lowest BCUT2D eigenvalue weighted by Gasteiger charge is -2.38. The first kappa shape index (κ1) is 26.4. The molecule has 9 nitrogen and oxygen atoms in total. The Balaban J connectivity index is 1.69. The van der Waals surface area contributed by atoms with Crippen LogP contribution < -0.4 is 22.1 Å². The average Bonchev–Trinajstić information content (AvgIpc) is 2.78. The molecule has 1 aromatic carbocycles. The van der Waals surface area contributed by atoms with Crippen molar-refractivity contribution in [3.8, 4) is 5.75 Å².